The summed E-state index contributed by atoms with van der Waals surface area (Å²) in [6.45, 7) is 2.39. The number of aryl methyl sites for hydroxylation is 1. The molecule has 0 aromatic heterocycles. The van der Waals surface area contributed by atoms with Crippen molar-refractivity contribution in [2.24, 2.45) is 5.92 Å². The maximum absolute atomic E-state index is 13.1. The van der Waals surface area contributed by atoms with E-state index >= 15 is 0 Å². The van der Waals surface area contributed by atoms with Crippen molar-refractivity contribution in [1.82, 2.24) is 4.31 Å². The zero-order valence-electron chi connectivity index (χ0n) is 15.8. The molecule has 2 aromatic rings. The largest absolute Gasteiger partial charge is 0.496 e. The van der Waals surface area contributed by atoms with Gasteiger partial charge in [-0.15, -0.1) is 0 Å². The minimum Gasteiger partial charge on any atom is -0.496 e. The average Bonchev–Trinajstić information content (AvgIpc) is 2.68. The number of rotatable bonds is 5. The summed E-state index contributed by atoms with van der Waals surface area (Å²) in [5, 5.41) is 2.88. The van der Waals surface area contributed by atoms with Crippen molar-refractivity contribution >= 4 is 37.5 Å². The molecule has 1 heterocycles. The molecule has 1 fully saturated rings. The Bertz CT molecular complexity index is 978. The van der Waals surface area contributed by atoms with E-state index in [0.29, 0.717) is 30.8 Å². The van der Waals surface area contributed by atoms with Gasteiger partial charge in [0.15, 0.2) is 0 Å². The summed E-state index contributed by atoms with van der Waals surface area (Å²) in [4.78, 5) is 12.9. The van der Waals surface area contributed by atoms with Crippen molar-refractivity contribution in [3.05, 3.63) is 52.5 Å². The number of hydrogen-bond acceptors (Lipinski definition) is 4. The molecule has 28 heavy (non-hydrogen) atoms. The molecular formula is C20H23BrN2O4S. The van der Waals surface area contributed by atoms with Crippen molar-refractivity contribution < 1.29 is 17.9 Å². The summed E-state index contributed by atoms with van der Waals surface area (Å²) >= 11 is 3.38. The number of carbonyl (C=O) groups is 1. The number of benzene rings is 2. The van der Waals surface area contributed by atoms with E-state index in [0.717, 1.165) is 10.0 Å². The Balaban J connectivity index is 1.74. The first kappa shape index (κ1) is 20.8. The van der Waals surface area contributed by atoms with Crippen LogP contribution in [-0.2, 0) is 14.8 Å². The SMILES string of the molecule is COc1ccc(S(=O)(=O)N2CCC[C@@H](C(=O)Nc3cccc(Br)c3)C2)cc1C. The molecule has 1 amide bonds. The molecule has 1 aliphatic heterocycles. The zero-order chi connectivity index (χ0) is 20.3. The monoisotopic (exact) mass is 466 g/mol. The van der Waals surface area contributed by atoms with E-state index < -0.39 is 10.0 Å². The molecule has 0 bridgehead atoms. The first-order valence-electron chi connectivity index (χ1n) is 9.02. The molecule has 0 unspecified atom stereocenters. The molecule has 1 aliphatic rings. The molecule has 150 valence electrons. The molecule has 1 saturated heterocycles. The lowest BCUT2D eigenvalue weighted by atomic mass is 9.99. The maximum atomic E-state index is 13.1. The number of anilines is 1. The Morgan fingerprint density at radius 1 is 1.25 bits per heavy atom. The highest BCUT2D eigenvalue weighted by molar-refractivity contribution is 9.10. The normalized spacial score (nSPS) is 17.9. The molecule has 6 nitrogen and oxygen atoms in total. The van der Waals surface area contributed by atoms with Crippen LogP contribution in [-0.4, -0.2) is 38.8 Å². The third-order valence-corrected chi connectivity index (χ3v) is 7.21. The first-order chi connectivity index (χ1) is 13.3. The van der Waals surface area contributed by atoms with E-state index in [9.17, 15) is 13.2 Å². The minimum absolute atomic E-state index is 0.163. The van der Waals surface area contributed by atoms with E-state index in [2.05, 4.69) is 21.2 Å². The number of hydrogen-bond donors (Lipinski definition) is 1. The smallest absolute Gasteiger partial charge is 0.243 e. The van der Waals surface area contributed by atoms with Crippen LogP contribution in [0.25, 0.3) is 0 Å². The predicted molar refractivity (Wildman–Crippen MR) is 112 cm³/mol. The van der Waals surface area contributed by atoms with Gasteiger partial charge in [-0.25, -0.2) is 8.42 Å². The van der Waals surface area contributed by atoms with Crippen LogP contribution in [0.4, 0.5) is 5.69 Å². The van der Waals surface area contributed by atoms with Gasteiger partial charge in [0, 0.05) is 23.2 Å². The van der Waals surface area contributed by atoms with Gasteiger partial charge >= 0.3 is 0 Å². The molecule has 2 aromatic carbocycles. The van der Waals surface area contributed by atoms with Gasteiger partial charge in [0.25, 0.3) is 0 Å². The van der Waals surface area contributed by atoms with Crippen LogP contribution in [0.3, 0.4) is 0 Å². The van der Waals surface area contributed by atoms with Crippen LogP contribution in [0, 0.1) is 12.8 Å². The van der Waals surface area contributed by atoms with Gasteiger partial charge in [0.2, 0.25) is 15.9 Å². The number of sulfonamides is 1. The van der Waals surface area contributed by atoms with Gasteiger partial charge < -0.3 is 10.1 Å². The molecule has 0 radical (unpaired) electrons. The summed E-state index contributed by atoms with van der Waals surface area (Å²) < 4.78 is 33.6. The zero-order valence-corrected chi connectivity index (χ0v) is 18.2. The summed E-state index contributed by atoms with van der Waals surface area (Å²) in [6.07, 6.45) is 1.30. The van der Waals surface area contributed by atoms with Gasteiger partial charge in [0.05, 0.1) is 17.9 Å². The standard InChI is InChI=1S/C20H23BrN2O4S/c1-14-11-18(8-9-19(14)27-2)28(25,26)23-10-4-5-15(13-23)20(24)22-17-7-3-6-16(21)12-17/h3,6-9,11-12,15H,4-5,10,13H2,1-2H3,(H,22,24)/t15-/m1/s1. The quantitative estimate of drug-likeness (QED) is 0.726. The topological polar surface area (TPSA) is 75.7 Å². The Hall–Kier alpha value is -1.90. The number of piperidine rings is 1. The first-order valence-corrected chi connectivity index (χ1v) is 11.3. The van der Waals surface area contributed by atoms with Crippen molar-refractivity contribution in [1.29, 1.82) is 0 Å². The number of nitrogens with one attached hydrogen (secondary N) is 1. The molecule has 0 spiro atoms. The van der Waals surface area contributed by atoms with E-state index in [1.165, 1.54) is 4.31 Å². The highest BCUT2D eigenvalue weighted by Gasteiger charge is 2.33. The fourth-order valence-corrected chi connectivity index (χ4v) is 5.35. The summed E-state index contributed by atoms with van der Waals surface area (Å²) in [6, 6.07) is 12.1. The number of carbonyl (C=O) groups excluding carboxylic acids is 1. The fourth-order valence-electron chi connectivity index (χ4n) is 3.35. The second-order valence-electron chi connectivity index (χ2n) is 6.83. The second kappa shape index (κ2) is 8.63. The van der Waals surface area contributed by atoms with Crippen LogP contribution < -0.4 is 10.1 Å². The van der Waals surface area contributed by atoms with Crippen LogP contribution in [0.2, 0.25) is 0 Å². The lowest BCUT2D eigenvalue weighted by Crippen LogP contribution is -2.43. The number of nitrogens with zero attached hydrogens (tertiary/aromatic N) is 1. The number of halogens is 1. The Morgan fingerprint density at radius 3 is 2.71 bits per heavy atom. The lowest BCUT2D eigenvalue weighted by molar-refractivity contribution is -0.120. The van der Waals surface area contributed by atoms with E-state index in [1.54, 1.807) is 31.4 Å². The number of methoxy groups -OCH3 is 1. The molecule has 0 saturated carbocycles. The van der Waals surface area contributed by atoms with E-state index in [-0.39, 0.29) is 23.3 Å². The Labute approximate surface area is 174 Å². The van der Waals surface area contributed by atoms with E-state index in [4.69, 9.17) is 4.74 Å². The summed E-state index contributed by atoms with van der Waals surface area (Å²) in [5.41, 5.74) is 1.44. The Morgan fingerprint density at radius 2 is 2.04 bits per heavy atom. The van der Waals surface area contributed by atoms with Crippen molar-refractivity contribution in [3.8, 4) is 5.75 Å². The number of amides is 1. The van der Waals surface area contributed by atoms with Crippen LogP contribution >= 0.6 is 15.9 Å². The summed E-state index contributed by atoms with van der Waals surface area (Å²) in [5.74, 6) is 0.0923. The molecular weight excluding hydrogens is 444 g/mol. The molecule has 1 N–H and O–H groups in total. The van der Waals surface area contributed by atoms with Crippen LogP contribution in [0.5, 0.6) is 5.75 Å². The highest BCUT2D eigenvalue weighted by Crippen LogP contribution is 2.28. The molecule has 1 atom stereocenters. The minimum atomic E-state index is -3.67. The summed E-state index contributed by atoms with van der Waals surface area (Å²) in [7, 11) is -2.11. The fraction of sp³-hybridized carbons (Fsp3) is 0.350. The van der Waals surface area contributed by atoms with Gasteiger partial charge in [-0.05, 0) is 61.7 Å². The molecule has 8 heteroatoms. The van der Waals surface area contributed by atoms with Gasteiger partial charge in [0.1, 0.15) is 5.75 Å². The van der Waals surface area contributed by atoms with Gasteiger partial charge in [-0.2, -0.15) is 4.31 Å². The van der Waals surface area contributed by atoms with Gasteiger partial charge in [-0.1, -0.05) is 22.0 Å². The maximum Gasteiger partial charge on any atom is 0.243 e. The van der Waals surface area contributed by atoms with Crippen LogP contribution in [0.1, 0.15) is 18.4 Å². The highest BCUT2D eigenvalue weighted by atomic mass is 79.9. The second-order valence-corrected chi connectivity index (χ2v) is 9.69. The third kappa shape index (κ3) is 4.56. The van der Waals surface area contributed by atoms with Crippen molar-refractivity contribution in [2.45, 2.75) is 24.7 Å². The average molecular weight is 467 g/mol. The molecule has 0 aliphatic carbocycles. The number of ether oxygens (including phenoxy) is 1. The van der Waals surface area contributed by atoms with Crippen LogP contribution in [0.15, 0.2) is 51.8 Å². The Kier molecular flexibility index (Phi) is 6.42. The third-order valence-electron chi connectivity index (χ3n) is 4.85. The lowest BCUT2D eigenvalue weighted by Gasteiger charge is -2.31. The van der Waals surface area contributed by atoms with Crippen molar-refractivity contribution in [3.63, 3.8) is 0 Å². The van der Waals surface area contributed by atoms with Crippen molar-refractivity contribution in [2.75, 3.05) is 25.5 Å². The molecule has 3 rings (SSSR count). The van der Waals surface area contributed by atoms with E-state index in [1.807, 2.05) is 25.1 Å². The van der Waals surface area contributed by atoms with Gasteiger partial charge in [-0.3, -0.25) is 4.79 Å². The predicted octanol–water partition coefficient (Wildman–Crippen LogP) is 3.81.